The minimum atomic E-state index is -0.569. The van der Waals surface area contributed by atoms with E-state index in [2.05, 4.69) is 6.07 Å². The smallest absolute Gasteiger partial charge is 0.410 e. The van der Waals surface area contributed by atoms with Crippen molar-refractivity contribution >= 4 is 12.1 Å². The maximum Gasteiger partial charge on any atom is 0.410 e. The van der Waals surface area contributed by atoms with Crippen LogP contribution in [0.15, 0.2) is 0 Å². The summed E-state index contributed by atoms with van der Waals surface area (Å²) in [7, 11) is 0. The van der Waals surface area contributed by atoms with Gasteiger partial charge in [0.15, 0.2) is 0 Å². The Morgan fingerprint density at radius 3 is 2.57 bits per heavy atom. The van der Waals surface area contributed by atoms with Gasteiger partial charge >= 0.3 is 12.1 Å². The Kier molecular flexibility index (Phi) is 6.01. The molecule has 2 unspecified atom stereocenters. The molecule has 0 aliphatic carbocycles. The summed E-state index contributed by atoms with van der Waals surface area (Å²) in [5.41, 5.74) is -0.569. The molecule has 1 saturated heterocycles. The Morgan fingerprint density at radius 2 is 2.05 bits per heavy atom. The summed E-state index contributed by atoms with van der Waals surface area (Å²) in [5.74, 6) is -0.857. The van der Waals surface area contributed by atoms with Crippen LogP contribution in [0.5, 0.6) is 0 Å². The first-order chi connectivity index (χ1) is 9.78. The minimum Gasteiger partial charge on any atom is -0.466 e. The van der Waals surface area contributed by atoms with Gasteiger partial charge in [0.2, 0.25) is 0 Å². The number of likely N-dealkylation sites (tertiary alicyclic amines) is 1. The first kappa shape index (κ1) is 17.3. The lowest BCUT2D eigenvalue weighted by Crippen LogP contribution is -2.48. The highest BCUT2D eigenvalue weighted by atomic mass is 16.6. The minimum absolute atomic E-state index is 0.0623. The fraction of sp³-hybridized carbons (Fsp3) is 0.800. The van der Waals surface area contributed by atoms with E-state index in [4.69, 9.17) is 14.7 Å². The van der Waals surface area contributed by atoms with Crippen molar-refractivity contribution in [3.63, 3.8) is 0 Å². The molecule has 0 aromatic rings. The second kappa shape index (κ2) is 7.30. The van der Waals surface area contributed by atoms with Crippen molar-refractivity contribution in [2.75, 3.05) is 19.7 Å². The Balaban J connectivity index is 2.75. The molecule has 0 radical (unpaired) electrons. The van der Waals surface area contributed by atoms with Crippen molar-refractivity contribution in [1.82, 2.24) is 4.90 Å². The summed E-state index contributed by atoms with van der Waals surface area (Å²) in [6, 6.07) is 2.10. The lowest BCUT2D eigenvalue weighted by molar-refractivity contribution is -0.152. The van der Waals surface area contributed by atoms with E-state index in [1.807, 2.05) is 0 Å². The predicted octanol–water partition coefficient (Wildman–Crippen LogP) is 2.34. The zero-order chi connectivity index (χ0) is 16.0. The number of esters is 1. The molecule has 1 rings (SSSR count). The predicted molar refractivity (Wildman–Crippen MR) is 76.3 cm³/mol. The number of amides is 1. The van der Waals surface area contributed by atoms with Gasteiger partial charge in [-0.3, -0.25) is 4.79 Å². The molecule has 0 spiro atoms. The first-order valence-corrected chi connectivity index (χ1v) is 7.30. The second-order valence-electron chi connectivity index (χ2n) is 6.20. The van der Waals surface area contributed by atoms with Gasteiger partial charge in [-0.1, -0.05) is 0 Å². The Hall–Kier alpha value is -1.77. The molecule has 118 valence electrons. The van der Waals surface area contributed by atoms with Gasteiger partial charge < -0.3 is 14.4 Å². The molecule has 6 heteroatoms. The fourth-order valence-corrected chi connectivity index (χ4v) is 2.37. The van der Waals surface area contributed by atoms with Gasteiger partial charge in [-0.25, -0.2) is 4.79 Å². The maximum absolute atomic E-state index is 12.1. The van der Waals surface area contributed by atoms with Gasteiger partial charge in [-0.15, -0.1) is 0 Å². The van der Waals surface area contributed by atoms with Crippen LogP contribution in [-0.2, 0) is 14.3 Å². The second-order valence-corrected chi connectivity index (χ2v) is 6.20. The van der Waals surface area contributed by atoms with E-state index in [0.29, 0.717) is 26.0 Å². The molecule has 1 aliphatic heterocycles. The molecule has 0 aromatic carbocycles. The quantitative estimate of drug-likeness (QED) is 0.747. The van der Waals surface area contributed by atoms with Gasteiger partial charge in [0.25, 0.3) is 0 Å². The van der Waals surface area contributed by atoms with E-state index >= 15 is 0 Å². The first-order valence-electron chi connectivity index (χ1n) is 7.30. The third-order valence-electron chi connectivity index (χ3n) is 3.35. The third kappa shape index (κ3) is 5.25. The van der Waals surface area contributed by atoms with Crippen LogP contribution in [0.2, 0.25) is 0 Å². The highest BCUT2D eigenvalue weighted by molar-refractivity contribution is 5.75. The number of carbonyl (C=O) groups excluding carboxylic acids is 2. The summed E-state index contributed by atoms with van der Waals surface area (Å²) in [6.45, 7) is 8.19. The largest absolute Gasteiger partial charge is 0.466 e. The van der Waals surface area contributed by atoms with Gasteiger partial charge in [0.05, 0.1) is 18.6 Å². The highest BCUT2D eigenvalue weighted by Crippen LogP contribution is 2.28. The molecule has 0 aromatic heterocycles. The van der Waals surface area contributed by atoms with Gasteiger partial charge in [0, 0.05) is 19.5 Å². The standard InChI is InChI=1S/C15H24N2O4/c1-5-20-13(18)12-10-17(9-7-11(12)6-8-16)14(19)21-15(2,3)4/h11-12H,5-7,9-10H2,1-4H3. The van der Waals surface area contributed by atoms with E-state index in [1.165, 1.54) is 4.90 Å². The number of nitriles is 1. The lowest BCUT2D eigenvalue weighted by Gasteiger charge is -2.37. The van der Waals surface area contributed by atoms with Gasteiger partial charge in [-0.05, 0) is 40.0 Å². The number of ether oxygens (including phenoxy) is 2. The molecule has 1 aliphatic rings. The molecule has 6 nitrogen and oxygen atoms in total. The monoisotopic (exact) mass is 296 g/mol. The molecule has 1 fully saturated rings. The summed E-state index contributed by atoms with van der Waals surface area (Å²) < 4.78 is 10.4. The van der Waals surface area contributed by atoms with Crippen molar-refractivity contribution in [1.29, 1.82) is 5.26 Å². The normalized spacial score (nSPS) is 22.3. The summed E-state index contributed by atoms with van der Waals surface area (Å²) in [4.78, 5) is 25.6. The van der Waals surface area contributed by atoms with Gasteiger partial charge in [0.1, 0.15) is 5.60 Å². The number of hydrogen-bond donors (Lipinski definition) is 0. The van der Waals surface area contributed by atoms with Crippen LogP contribution < -0.4 is 0 Å². The zero-order valence-corrected chi connectivity index (χ0v) is 13.2. The summed E-state index contributed by atoms with van der Waals surface area (Å²) in [6.07, 6.45) is 0.481. The Bertz CT molecular complexity index is 422. The fourth-order valence-electron chi connectivity index (χ4n) is 2.37. The van der Waals surface area contributed by atoms with E-state index in [9.17, 15) is 9.59 Å². The Morgan fingerprint density at radius 1 is 1.38 bits per heavy atom. The Labute approximate surface area is 126 Å². The topological polar surface area (TPSA) is 79.6 Å². The number of piperidine rings is 1. The molecule has 0 saturated carbocycles. The molecule has 21 heavy (non-hydrogen) atoms. The SMILES string of the molecule is CCOC(=O)C1CN(C(=O)OC(C)(C)C)CCC1CC#N. The van der Waals surface area contributed by atoms with E-state index in [1.54, 1.807) is 27.7 Å². The number of carbonyl (C=O) groups is 2. The molecular weight excluding hydrogens is 272 g/mol. The molecule has 2 atom stereocenters. The van der Waals surface area contributed by atoms with Crippen LogP contribution in [0.1, 0.15) is 40.5 Å². The van der Waals surface area contributed by atoms with Crippen molar-refractivity contribution < 1.29 is 19.1 Å². The van der Waals surface area contributed by atoms with Crippen molar-refractivity contribution in [3.05, 3.63) is 0 Å². The number of rotatable bonds is 3. The molecule has 1 amide bonds. The average molecular weight is 296 g/mol. The molecule has 0 N–H and O–H groups in total. The van der Waals surface area contributed by atoms with Gasteiger partial charge in [-0.2, -0.15) is 5.26 Å². The number of nitrogens with zero attached hydrogens (tertiary/aromatic N) is 2. The van der Waals surface area contributed by atoms with E-state index in [-0.39, 0.29) is 18.4 Å². The van der Waals surface area contributed by atoms with Crippen molar-refractivity contribution in [2.45, 2.75) is 46.1 Å². The molecule has 1 heterocycles. The van der Waals surface area contributed by atoms with Crippen LogP contribution in [0.3, 0.4) is 0 Å². The van der Waals surface area contributed by atoms with Crippen LogP contribution in [-0.4, -0.2) is 42.3 Å². The lowest BCUT2D eigenvalue weighted by atomic mass is 9.83. The third-order valence-corrected chi connectivity index (χ3v) is 3.35. The van der Waals surface area contributed by atoms with E-state index in [0.717, 1.165) is 0 Å². The molecular formula is C15H24N2O4. The average Bonchev–Trinajstić information content (AvgIpc) is 2.37. The van der Waals surface area contributed by atoms with Crippen LogP contribution in [0.25, 0.3) is 0 Å². The maximum atomic E-state index is 12.1. The van der Waals surface area contributed by atoms with Crippen molar-refractivity contribution in [2.24, 2.45) is 11.8 Å². The van der Waals surface area contributed by atoms with Crippen LogP contribution in [0.4, 0.5) is 4.79 Å². The zero-order valence-electron chi connectivity index (χ0n) is 13.2. The number of hydrogen-bond acceptors (Lipinski definition) is 5. The van der Waals surface area contributed by atoms with E-state index < -0.39 is 17.6 Å². The van der Waals surface area contributed by atoms with Crippen LogP contribution in [0, 0.1) is 23.2 Å². The summed E-state index contributed by atoms with van der Waals surface area (Å²) >= 11 is 0. The molecule has 0 bridgehead atoms. The van der Waals surface area contributed by atoms with Crippen LogP contribution >= 0.6 is 0 Å². The highest BCUT2D eigenvalue weighted by Gasteiger charge is 2.38. The summed E-state index contributed by atoms with van der Waals surface area (Å²) in [5, 5.41) is 8.87. The van der Waals surface area contributed by atoms with Crippen molar-refractivity contribution in [3.8, 4) is 6.07 Å².